The Bertz CT molecular complexity index is 551. The van der Waals surface area contributed by atoms with Crippen LogP contribution in [-0.2, 0) is 4.74 Å². The van der Waals surface area contributed by atoms with E-state index in [9.17, 15) is 4.79 Å². The average molecular weight is 246 g/mol. The van der Waals surface area contributed by atoms with Gasteiger partial charge in [-0.1, -0.05) is 0 Å². The summed E-state index contributed by atoms with van der Waals surface area (Å²) in [6.45, 7) is 2.11. The van der Waals surface area contributed by atoms with E-state index >= 15 is 0 Å². The lowest BCUT2D eigenvalue weighted by molar-refractivity contribution is 0.0526. The normalized spacial score (nSPS) is 10.1. The smallest absolute Gasteiger partial charge is 0.341 e. The van der Waals surface area contributed by atoms with E-state index in [2.05, 4.69) is 15.4 Å². The number of hydrogen-bond acceptors (Lipinski definition) is 5. The number of nitrogens with one attached hydrogen (secondary N) is 1. The van der Waals surface area contributed by atoms with Crippen molar-refractivity contribution in [3.63, 3.8) is 0 Å². The van der Waals surface area contributed by atoms with E-state index in [1.165, 1.54) is 6.20 Å². The highest BCUT2D eigenvalue weighted by Gasteiger charge is 2.10. The van der Waals surface area contributed by atoms with Crippen molar-refractivity contribution in [1.29, 1.82) is 0 Å². The molecule has 0 fully saturated rings. The van der Waals surface area contributed by atoms with Crippen LogP contribution in [0.5, 0.6) is 0 Å². The molecule has 2 aromatic rings. The maximum absolute atomic E-state index is 11.5. The summed E-state index contributed by atoms with van der Waals surface area (Å²) in [5, 5.41) is 7.10. The summed E-state index contributed by atoms with van der Waals surface area (Å²) in [5.41, 5.74) is 2.07. The van der Waals surface area contributed by atoms with Crippen LogP contribution < -0.4 is 5.32 Å². The lowest BCUT2D eigenvalue weighted by atomic mass is 10.3. The number of carbonyl (C=O) groups excluding carboxylic acids is 1. The molecule has 0 unspecified atom stereocenters. The summed E-state index contributed by atoms with van der Waals surface area (Å²) in [4.78, 5) is 15.6. The third-order valence-electron chi connectivity index (χ3n) is 2.37. The number of ether oxygens (including phenoxy) is 1. The first-order valence-electron chi connectivity index (χ1n) is 5.59. The van der Waals surface area contributed by atoms with Gasteiger partial charge in [0.05, 0.1) is 42.1 Å². The van der Waals surface area contributed by atoms with Gasteiger partial charge in [-0.3, -0.25) is 4.98 Å². The maximum Gasteiger partial charge on any atom is 0.341 e. The highest BCUT2D eigenvalue weighted by atomic mass is 16.5. The van der Waals surface area contributed by atoms with Gasteiger partial charge >= 0.3 is 5.97 Å². The molecule has 0 amide bonds. The molecule has 0 saturated carbocycles. The van der Waals surface area contributed by atoms with Crippen LogP contribution in [0.15, 0.2) is 30.9 Å². The first-order valence-corrected chi connectivity index (χ1v) is 5.59. The summed E-state index contributed by atoms with van der Waals surface area (Å²) in [6.07, 6.45) is 6.47. The largest absolute Gasteiger partial charge is 0.462 e. The fraction of sp³-hybridized carbons (Fsp3) is 0.250. The Balaban J connectivity index is 2.26. The van der Waals surface area contributed by atoms with Gasteiger partial charge < -0.3 is 10.1 Å². The summed E-state index contributed by atoms with van der Waals surface area (Å²) < 4.78 is 6.49. The molecule has 0 saturated heterocycles. The second-order valence-corrected chi connectivity index (χ2v) is 3.58. The van der Waals surface area contributed by atoms with Gasteiger partial charge in [0.1, 0.15) is 0 Å². The summed E-state index contributed by atoms with van der Waals surface area (Å²) >= 11 is 0. The zero-order chi connectivity index (χ0) is 13.0. The first-order chi connectivity index (χ1) is 8.74. The molecule has 94 valence electrons. The van der Waals surface area contributed by atoms with Crippen molar-refractivity contribution in [3.05, 3.63) is 36.4 Å². The lowest BCUT2D eigenvalue weighted by Crippen LogP contribution is -2.03. The molecule has 6 nitrogen and oxygen atoms in total. The van der Waals surface area contributed by atoms with Crippen LogP contribution in [0.2, 0.25) is 0 Å². The highest BCUT2D eigenvalue weighted by molar-refractivity contribution is 5.88. The average Bonchev–Trinajstić information content (AvgIpc) is 2.89. The summed E-state index contributed by atoms with van der Waals surface area (Å²) in [6, 6.07) is 1.88. The number of pyridine rings is 1. The van der Waals surface area contributed by atoms with Crippen LogP contribution in [0.3, 0.4) is 0 Å². The topological polar surface area (TPSA) is 69.0 Å². The summed E-state index contributed by atoms with van der Waals surface area (Å²) in [7, 11) is 1.81. The van der Waals surface area contributed by atoms with Gasteiger partial charge in [-0.25, -0.2) is 9.48 Å². The molecule has 1 N–H and O–H groups in total. The van der Waals surface area contributed by atoms with Gasteiger partial charge in [-0.2, -0.15) is 5.10 Å². The van der Waals surface area contributed by atoms with E-state index in [0.717, 1.165) is 11.4 Å². The van der Waals surface area contributed by atoms with E-state index in [4.69, 9.17) is 4.74 Å². The first kappa shape index (κ1) is 12.1. The molecule has 6 heteroatoms. The van der Waals surface area contributed by atoms with E-state index in [1.807, 2.05) is 13.1 Å². The van der Waals surface area contributed by atoms with Crippen molar-refractivity contribution < 1.29 is 9.53 Å². The quantitative estimate of drug-likeness (QED) is 0.828. The zero-order valence-corrected chi connectivity index (χ0v) is 10.3. The predicted molar refractivity (Wildman–Crippen MR) is 66.9 cm³/mol. The van der Waals surface area contributed by atoms with Crippen LogP contribution >= 0.6 is 0 Å². The minimum absolute atomic E-state index is 0.348. The van der Waals surface area contributed by atoms with Crippen molar-refractivity contribution in [1.82, 2.24) is 14.8 Å². The van der Waals surface area contributed by atoms with Crippen LogP contribution in [0.1, 0.15) is 17.3 Å². The molecule has 0 spiro atoms. The number of esters is 1. The molecular weight excluding hydrogens is 232 g/mol. The number of carbonyl (C=O) groups is 1. The van der Waals surface area contributed by atoms with Gasteiger partial charge in [0.15, 0.2) is 0 Å². The molecule has 0 atom stereocenters. The van der Waals surface area contributed by atoms with Crippen molar-refractivity contribution in [2.45, 2.75) is 6.92 Å². The van der Waals surface area contributed by atoms with Crippen LogP contribution in [-0.4, -0.2) is 34.4 Å². The Morgan fingerprint density at radius 2 is 2.28 bits per heavy atom. The van der Waals surface area contributed by atoms with E-state index in [1.54, 1.807) is 30.2 Å². The van der Waals surface area contributed by atoms with Crippen LogP contribution in [0.25, 0.3) is 5.69 Å². The molecule has 18 heavy (non-hydrogen) atoms. The maximum atomic E-state index is 11.5. The Hall–Kier alpha value is -2.37. The Labute approximate surface area is 105 Å². The predicted octanol–water partition coefficient (Wildman–Crippen LogP) is 1.49. The third-order valence-corrected chi connectivity index (χ3v) is 2.37. The molecule has 0 aliphatic rings. The number of rotatable bonds is 4. The van der Waals surface area contributed by atoms with Crippen LogP contribution in [0, 0.1) is 0 Å². The minimum Gasteiger partial charge on any atom is -0.462 e. The molecular formula is C12H14N4O2. The molecule has 0 bridgehead atoms. The van der Waals surface area contributed by atoms with Gasteiger partial charge in [-0.05, 0) is 13.0 Å². The van der Waals surface area contributed by atoms with E-state index in [-0.39, 0.29) is 5.97 Å². The molecule has 2 heterocycles. The molecule has 0 radical (unpaired) electrons. The van der Waals surface area contributed by atoms with Crippen molar-refractivity contribution >= 4 is 11.7 Å². The molecule has 0 aliphatic heterocycles. The number of anilines is 1. The Morgan fingerprint density at radius 3 is 3.00 bits per heavy atom. The SMILES string of the molecule is CCOC(=O)c1cnn(-c2cncc(NC)c2)c1. The second kappa shape index (κ2) is 5.31. The fourth-order valence-corrected chi connectivity index (χ4v) is 1.47. The molecule has 0 aromatic carbocycles. The van der Waals surface area contributed by atoms with Gasteiger partial charge in [-0.15, -0.1) is 0 Å². The van der Waals surface area contributed by atoms with Gasteiger partial charge in [0.2, 0.25) is 0 Å². The second-order valence-electron chi connectivity index (χ2n) is 3.58. The lowest BCUT2D eigenvalue weighted by Gasteiger charge is -2.03. The number of aromatic nitrogens is 3. The third kappa shape index (κ3) is 2.48. The standard InChI is InChI=1S/C12H14N4O2/c1-3-18-12(17)9-5-15-16(8-9)11-4-10(13-2)6-14-7-11/h4-8,13H,3H2,1-2H3. The minimum atomic E-state index is -0.374. The molecule has 2 aromatic heterocycles. The van der Waals surface area contributed by atoms with Crippen LogP contribution in [0.4, 0.5) is 5.69 Å². The number of nitrogens with zero attached hydrogens (tertiary/aromatic N) is 3. The van der Waals surface area contributed by atoms with Crippen molar-refractivity contribution in [2.24, 2.45) is 0 Å². The van der Waals surface area contributed by atoms with Crippen molar-refractivity contribution in [3.8, 4) is 5.69 Å². The van der Waals surface area contributed by atoms with E-state index in [0.29, 0.717) is 12.2 Å². The summed E-state index contributed by atoms with van der Waals surface area (Å²) in [5.74, 6) is -0.374. The number of hydrogen-bond donors (Lipinski definition) is 1. The van der Waals surface area contributed by atoms with Gasteiger partial charge in [0, 0.05) is 13.2 Å². The Morgan fingerprint density at radius 1 is 1.44 bits per heavy atom. The molecule has 0 aliphatic carbocycles. The Kier molecular flexibility index (Phi) is 3.57. The highest BCUT2D eigenvalue weighted by Crippen LogP contribution is 2.12. The fourth-order valence-electron chi connectivity index (χ4n) is 1.47. The van der Waals surface area contributed by atoms with Crippen molar-refractivity contribution in [2.75, 3.05) is 19.0 Å². The van der Waals surface area contributed by atoms with E-state index < -0.39 is 0 Å². The zero-order valence-electron chi connectivity index (χ0n) is 10.3. The monoisotopic (exact) mass is 246 g/mol. The molecule has 2 rings (SSSR count). The van der Waals surface area contributed by atoms with Gasteiger partial charge in [0.25, 0.3) is 0 Å².